The van der Waals surface area contributed by atoms with Gasteiger partial charge in [-0.1, -0.05) is 18.2 Å². The summed E-state index contributed by atoms with van der Waals surface area (Å²) in [6, 6.07) is 12.2. The fourth-order valence-corrected chi connectivity index (χ4v) is 2.07. The Morgan fingerprint density at radius 1 is 1.14 bits per heavy atom. The van der Waals surface area contributed by atoms with Gasteiger partial charge in [-0.2, -0.15) is 0 Å². The van der Waals surface area contributed by atoms with E-state index in [9.17, 15) is 9.59 Å². The Kier molecular flexibility index (Phi) is 3.55. The lowest BCUT2D eigenvalue weighted by atomic mass is 10.2. The summed E-state index contributed by atoms with van der Waals surface area (Å²) >= 11 is 0. The molecule has 0 bridgehead atoms. The molecule has 2 heterocycles. The average Bonchev–Trinajstić information content (AvgIpc) is 2.99. The van der Waals surface area contributed by atoms with Crippen molar-refractivity contribution in [3.63, 3.8) is 0 Å². The number of amides is 1. The smallest absolute Gasteiger partial charge is 0.349 e. The van der Waals surface area contributed by atoms with Gasteiger partial charge in [0, 0.05) is 18.4 Å². The Labute approximate surface area is 120 Å². The molecule has 0 unspecified atom stereocenters. The molecule has 21 heavy (non-hydrogen) atoms. The molecule has 3 aromatic rings. The molecule has 106 valence electrons. The highest BCUT2D eigenvalue weighted by Crippen LogP contribution is 2.12. The van der Waals surface area contributed by atoms with E-state index in [-0.39, 0.29) is 5.56 Å². The zero-order chi connectivity index (χ0) is 14.7. The lowest BCUT2D eigenvalue weighted by molar-refractivity contribution is 0.0950. The van der Waals surface area contributed by atoms with Gasteiger partial charge in [-0.25, -0.2) is 4.79 Å². The molecule has 0 atom stereocenters. The van der Waals surface area contributed by atoms with Crippen LogP contribution in [0.3, 0.4) is 0 Å². The van der Waals surface area contributed by atoms with Gasteiger partial charge in [0.2, 0.25) is 0 Å². The van der Waals surface area contributed by atoms with Crippen LogP contribution in [0.5, 0.6) is 0 Å². The predicted octanol–water partition coefficient (Wildman–Crippen LogP) is 2.36. The Bertz CT molecular complexity index is 818. The maximum Gasteiger partial charge on any atom is 0.349 e. The van der Waals surface area contributed by atoms with Crippen molar-refractivity contribution in [1.29, 1.82) is 0 Å². The van der Waals surface area contributed by atoms with Gasteiger partial charge in [-0.3, -0.25) is 4.79 Å². The molecule has 1 N–H and O–H groups in total. The van der Waals surface area contributed by atoms with Crippen LogP contribution in [-0.4, -0.2) is 12.5 Å². The zero-order valence-corrected chi connectivity index (χ0v) is 11.2. The van der Waals surface area contributed by atoms with Crippen molar-refractivity contribution in [3.05, 3.63) is 70.5 Å². The number of carbonyl (C=O) groups is 1. The fourth-order valence-electron chi connectivity index (χ4n) is 2.07. The van der Waals surface area contributed by atoms with Crippen LogP contribution in [0.4, 0.5) is 0 Å². The van der Waals surface area contributed by atoms with E-state index in [1.165, 1.54) is 0 Å². The number of fused-ring (bicyclic) bond motifs is 1. The average molecular weight is 283 g/mol. The third-order valence-electron chi connectivity index (χ3n) is 3.12. The molecular weight excluding hydrogens is 270 g/mol. The summed E-state index contributed by atoms with van der Waals surface area (Å²) in [6.07, 6.45) is 2.15. The van der Waals surface area contributed by atoms with E-state index in [0.717, 1.165) is 5.76 Å². The summed E-state index contributed by atoms with van der Waals surface area (Å²) in [5.41, 5.74) is -0.160. The lowest BCUT2D eigenvalue weighted by Gasteiger charge is -2.04. The number of benzene rings is 1. The standard InChI is InChI=1S/C16H13NO4/c18-15(17-8-7-12-5-3-9-20-12)13-10-11-4-1-2-6-14(11)21-16(13)19/h1-6,9-10H,7-8H2,(H,17,18). The summed E-state index contributed by atoms with van der Waals surface area (Å²) in [5, 5.41) is 3.40. The van der Waals surface area contributed by atoms with Crippen molar-refractivity contribution in [2.24, 2.45) is 0 Å². The minimum absolute atomic E-state index is 0.00754. The number of hydrogen-bond acceptors (Lipinski definition) is 4. The molecule has 5 nitrogen and oxygen atoms in total. The Hall–Kier alpha value is -2.82. The molecule has 0 aliphatic heterocycles. The van der Waals surface area contributed by atoms with Crippen LogP contribution in [0, 0.1) is 0 Å². The van der Waals surface area contributed by atoms with E-state index in [1.54, 1.807) is 36.6 Å². The van der Waals surface area contributed by atoms with Gasteiger partial charge in [-0.15, -0.1) is 0 Å². The van der Waals surface area contributed by atoms with E-state index in [4.69, 9.17) is 8.83 Å². The summed E-state index contributed by atoms with van der Waals surface area (Å²) in [5.74, 6) is 0.335. The SMILES string of the molecule is O=C(NCCc1ccco1)c1cc2ccccc2oc1=O. The van der Waals surface area contributed by atoms with Gasteiger partial charge in [-0.05, 0) is 24.3 Å². The summed E-state index contributed by atoms with van der Waals surface area (Å²) in [4.78, 5) is 23.9. The van der Waals surface area contributed by atoms with Crippen LogP contribution in [0.1, 0.15) is 16.1 Å². The normalized spacial score (nSPS) is 10.7. The van der Waals surface area contributed by atoms with Crippen LogP contribution < -0.4 is 10.9 Å². The number of hydrogen-bond donors (Lipinski definition) is 1. The van der Waals surface area contributed by atoms with Crippen LogP contribution in [-0.2, 0) is 6.42 Å². The first-order valence-corrected chi connectivity index (χ1v) is 6.57. The molecule has 0 aliphatic rings. The van der Waals surface area contributed by atoms with Crippen LogP contribution in [0.15, 0.2) is 62.4 Å². The molecule has 0 fully saturated rings. The quantitative estimate of drug-likeness (QED) is 0.746. The number of furan rings is 1. The Morgan fingerprint density at radius 3 is 2.81 bits per heavy atom. The van der Waals surface area contributed by atoms with Crippen LogP contribution >= 0.6 is 0 Å². The predicted molar refractivity (Wildman–Crippen MR) is 77.2 cm³/mol. The van der Waals surface area contributed by atoms with Crippen molar-refractivity contribution in [3.8, 4) is 0 Å². The first-order valence-electron chi connectivity index (χ1n) is 6.57. The zero-order valence-electron chi connectivity index (χ0n) is 11.2. The summed E-state index contributed by atoms with van der Waals surface area (Å²) in [7, 11) is 0. The summed E-state index contributed by atoms with van der Waals surface area (Å²) in [6.45, 7) is 0.388. The highest BCUT2D eigenvalue weighted by Gasteiger charge is 2.13. The number of rotatable bonds is 4. The van der Waals surface area contributed by atoms with Crippen molar-refractivity contribution in [1.82, 2.24) is 5.32 Å². The van der Waals surface area contributed by atoms with Crippen molar-refractivity contribution in [2.75, 3.05) is 6.54 Å². The molecule has 1 amide bonds. The third-order valence-corrected chi connectivity index (χ3v) is 3.12. The molecular formula is C16H13NO4. The molecule has 1 aromatic carbocycles. The highest BCUT2D eigenvalue weighted by atomic mass is 16.4. The van der Waals surface area contributed by atoms with Crippen LogP contribution in [0.25, 0.3) is 11.0 Å². The third kappa shape index (κ3) is 2.86. The maximum atomic E-state index is 12.0. The summed E-state index contributed by atoms with van der Waals surface area (Å²) < 4.78 is 10.3. The largest absolute Gasteiger partial charge is 0.469 e. The van der Waals surface area contributed by atoms with Gasteiger partial charge < -0.3 is 14.2 Å². The van der Waals surface area contributed by atoms with E-state index in [1.807, 2.05) is 12.1 Å². The minimum Gasteiger partial charge on any atom is -0.469 e. The highest BCUT2D eigenvalue weighted by molar-refractivity contribution is 5.96. The van der Waals surface area contributed by atoms with Gasteiger partial charge in [0.1, 0.15) is 16.9 Å². The van der Waals surface area contributed by atoms with Gasteiger partial charge >= 0.3 is 5.63 Å². The molecule has 0 saturated carbocycles. The second-order valence-corrected chi connectivity index (χ2v) is 4.57. The molecule has 0 spiro atoms. The number of carbonyl (C=O) groups excluding carboxylic acids is 1. The van der Waals surface area contributed by atoms with Gasteiger partial charge in [0.05, 0.1) is 6.26 Å². The number of para-hydroxylation sites is 1. The van der Waals surface area contributed by atoms with E-state index < -0.39 is 11.5 Å². The van der Waals surface area contributed by atoms with Crippen molar-refractivity contribution in [2.45, 2.75) is 6.42 Å². The lowest BCUT2D eigenvalue weighted by Crippen LogP contribution is -2.29. The first kappa shape index (κ1) is 13.2. The molecule has 2 aromatic heterocycles. The second kappa shape index (κ2) is 5.66. The molecule has 0 radical (unpaired) electrons. The van der Waals surface area contributed by atoms with E-state index in [0.29, 0.717) is 23.9 Å². The van der Waals surface area contributed by atoms with E-state index in [2.05, 4.69) is 5.32 Å². The molecule has 3 rings (SSSR count). The van der Waals surface area contributed by atoms with E-state index >= 15 is 0 Å². The van der Waals surface area contributed by atoms with Gasteiger partial charge in [0.15, 0.2) is 0 Å². The second-order valence-electron chi connectivity index (χ2n) is 4.57. The monoisotopic (exact) mass is 283 g/mol. The topological polar surface area (TPSA) is 72.5 Å². The maximum absolute atomic E-state index is 12.0. The first-order chi connectivity index (χ1) is 10.2. The Morgan fingerprint density at radius 2 is 2.00 bits per heavy atom. The molecule has 0 saturated heterocycles. The molecule has 5 heteroatoms. The number of nitrogens with one attached hydrogen (secondary N) is 1. The van der Waals surface area contributed by atoms with Crippen molar-refractivity contribution >= 4 is 16.9 Å². The Balaban J connectivity index is 1.75. The van der Waals surface area contributed by atoms with Crippen LogP contribution in [0.2, 0.25) is 0 Å². The fraction of sp³-hybridized carbons (Fsp3) is 0.125. The van der Waals surface area contributed by atoms with Gasteiger partial charge in [0.25, 0.3) is 5.91 Å². The minimum atomic E-state index is -0.635. The molecule has 0 aliphatic carbocycles. The van der Waals surface area contributed by atoms with Crippen molar-refractivity contribution < 1.29 is 13.6 Å².